The van der Waals surface area contributed by atoms with E-state index in [-0.39, 0.29) is 0 Å². The summed E-state index contributed by atoms with van der Waals surface area (Å²) >= 11 is 0. The zero-order chi connectivity index (χ0) is 12.2. The molecule has 1 fully saturated rings. The average Bonchev–Trinajstić information content (AvgIpc) is 2.63. The minimum atomic E-state index is 0.338. The average molecular weight is 246 g/mol. The molecule has 0 aliphatic carbocycles. The Morgan fingerprint density at radius 2 is 2.22 bits per heavy atom. The first-order valence-electron chi connectivity index (χ1n) is 7.08. The number of benzene rings is 1. The van der Waals surface area contributed by atoms with Gasteiger partial charge in [-0.15, -0.1) is 0 Å². The third-order valence-corrected chi connectivity index (χ3v) is 3.88. The van der Waals surface area contributed by atoms with Crippen LogP contribution in [0.5, 0.6) is 0 Å². The number of morpholine rings is 1. The highest BCUT2D eigenvalue weighted by Crippen LogP contribution is 2.26. The van der Waals surface area contributed by atoms with Crippen LogP contribution >= 0.6 is 0 Å². The van der Waals surface area contributed by atoms with E-state index in [9.17, 15) is 0 Å². The monoisotopic (exact) mass is 246 g/mol. The summed E-state index contributed by atoms with van der Waals surface area (Å²) in [5.74, 6) is 0. The quantitative estimate of drug-likeness (QED) is 0.861. The molecule has 1 aromatic rings. The molecule has 1 N–H and O–H groups in total. The number of fused-ring (bicyclic) bond motifs is 1. The van der Waals surface area contributed by atoms with Crippen LogP contribution in [0.25, 0.3) is 0 Å². The summed E-state index contributed by atoms with van der Waals surface area (Å²) in [6, 6.07) is 8.84. The molecule has 1 atom stereocenters. The molecule has 98 valence electrons. The van der Waals surface area contributed by atoms with Crippen LogP contribution in [-0.2, 0) is 11.2 Å². The van der Waals surface area contributed by atoms with E-state index in [4.69, 9.17) is 4.74 Å². The van der Waals surface area contributed by atoms with Crippen molar-refractivity contribution in [1.29, 1.82) is 0 Å². The number of nitrogens with one attached hydrogen (secondary N) is 1. The van der Waals surface area contributed by atoms with Gasteiger partial charge < -0.3 is 15.0 Å². The van der Waals surface area contributed by atoms with Gasteiger partial charge in [-0.2, -0.15) is 0 Å². The second kappa shape index (κ2) is 5.72. The Balaban J connectivity index is 1.74. The maximum Gasteiger partial charge on any atom is 0.0874 e. The molecule has 1 unspecified atom stereocenters. The molecular formula is C15H22N2O. The van der Waals surface area contributed by atoms with Crippen LogP contribution in [0.3, 0.4) is 0 Å². The van der Waals surface area contributed by atoms with Crippen LogP contribution in [0.15, 0.2) is 24.3 Å². The van der Waals surface area contributed by atoms with Crippen molar-refractivity contribution < 1.29 is 4.74 Å². The van der Waals surface area contributed by atoms with Gasteiger partial charge in [-0.1, -0.05) is 18.2 Å². The number of ether oxygens (including phenoxy) is 1. The van der Waals surface area contributed by atoms with Crippen molar-refractivity contribution in [3.8, 4) is 0 Å². The first kappa shape index (κ1) is 12.0. The molecule has 1 aromatic carbocycles. The van der Waals surface area contributed by atoms with Crippen LogP contribution in [0.4, 0.5) is 5.69 Å². The van der Waals surface area contributed by atoms with Gasteiger partial charge in [0.2, 0.25) is 0 Å². The third kappa shape index (κ3) is 2.68. The SMILES string of the molecule is c1ccc2c(c1)CCCCN2CC1CNCCO1. The Bertz CT molecular complexity index is 388. The van der Waals surface area contributed by atoms with E-state index in [0.717, 1.165) is 32.8 Å². The third-order valence-electron chi connectivity index (χ3n) is 3.88. The molecule has 2 aliphatic rings. The molecular weight excluding hydrogens is 224 g/mol. The Hall–Kier alpha value is -1.06. The molecule has 0 saturated carbocycles. The topological polar surface area (TPSA) is 24.5 Å². The lowest BCUT2D eigenvalue weighted by atomic mass is 10.1. The molecule has 0 radical (unpaired) electrons. The van der Waals surface area contributed by atoms with E-state index >= 15 is 0 Å². The zero-order valence-electron chi connectivity index (χ0n) is 10.9. The second-order valence-corrected chi connectivity index (χ2v) is 5.23. The number of hydrogen-bond donors (Lipinski definition) is 1. The Labute approximate surface area is 109 Å². The Morgan fingerprint density at radius 3 is 3.11 bits per heavy atom. The lowest BCUT2D eigenvalue weighted by Crippen LogP contribution is -2.45. The summed E-state index contributed by atoms with van der Waals surface area (Å²) in [7, 11) is 0. The summed E-state index contributed by atoms with van der Waals surface area (Å²) < 4.78 is 5.83. The largest absolute Gasteiger partial charge is 0.374 e. The van der Waals surface area contributed by atoms with E-state index in [1.165, 1.54) is 30.5 Å². The fraction of sp³-hybridized carbons (Fsp3) is 0.600. The van der Waals surface area contributed by atoms with E-state index in [2.05, 4.69) is 34.5 Å². The highest BCUT2D eigenvalue weighted by atomic mass is 16.5. The summed E-state index contributed by atoms with van der Waals surface area (Å²) in [5, 5.41) is 3.41. The van der Waals surface area contributed by atoms with Crippen LogP contribution in [0, 0.1) is 0 Å². The van der Waals surface area contributed by atoms with Gasteiger partial charge >= 0.3 is 0 Å². The van der Waals surface area contributed by atoms with Crippen molar-refractivity contribution in [3.63, 3.8) is 0 Å². The van der Waals surface area contributed by atoms with Gasteiger partial charge in [-0.05, 0) is 30.9 Å². The van der Waals surface area contributed by atoms with E-state index < -0.39 is 0 Å². The van der Waals surface area contributed by atoms with Crippen LogP contribution in [-0.4, -0.2) is 38.9 Å². The van der Waals surface area contributed by atoms with E-state index in [1.807, 2.05) is 0 Å². The van der Waals surface area contributed by atoms with Gasteiger partial charge in [0.05, 0.1) is 12.7 Å². The highest BCUT2D eigenvalue weighted by Gasteiger charge is 2.20. The van der Waals surface area contributed by atoms with Crippen molar-refractivity contribution in [3.05, 3.63) is 29.8 Å². The maximum absolute atomic E-state index is 5.83. The van der Waals surface area contributed by atoms with Crippen molar-refractivity contribution in [2.24, 2.45) is 0 Å². The standard InChI is InChI=1S/C15H22N2O/c1-2-7-15-13(5-1)6-3-4-9-17(15)12-14-11-16-8-10-18-14/h1-2,5,7,14,16H,3-4,6,8-12H2. The van der Waals surface area contributed by atoms with Crippen LogP contribution in [0.2, 0.25) is 0 Å². The number of rotatable bonds is 2. The number of para-hydroxylation sites is 1. The maximum atomic E-state index is 5.83. The first-order valence-corrected chi connectivity index (χ1v) is 7.08. The summed E-state index contributed by atoms with van der Waals surface area (Å²) in [4.78, 5) is 2.51. The lowest BCUT2D eigenvalue weighted by molar-refractivity contribution is 0.0334. The number of hydrogen-bond acceptors (Lipinski definition) is 3. The molecule has 3 rings (SSSR count). The molecule has 0 bridgehead atoms. The fourth-order valence-corrected chi connectivity index (χ4v) is 2.94. The molecule has 3 nitrogen and oxygen atoms in total. The minimum Gasteiger partial charge on any atom is -0.374 e. The minimum absolute atomic E-state index is 0.338. The number of aryl methyl sites for hydroxylation is 1. The van der Waals surface area contributed by atoms with Gasteiger partial charge in [-0.25, -0.2) is 0 Å². The number of anilines is 1. The molecule has 1 saturated heterocycles. The normalized spacial score (nSPS) is 24.4. The first-order chi connectivity index (χ1) is 8.93. The van der Waals surface area contributed by atoms with Crippen molar-refractivity contribution in [1.82, 2.24) is 5.32 Å². The van der Waals surface area contributed by atoms with Gasteiger partial charge in [-0.3, -0.25) is 0 Å². The molecule has 0 amide bonds. The Kier molecular flexibility index (Phi) is 3.81. The molecule has 0 aromatic heterocycles. The summed E-state index contributed by atoms with van der Waals surface area (Å²) in [6.07, 6.45) is 4.15. The van der Waals surface area contributed by atoms with Gasteiger partial charge in [0.15, 0.2) is 0 Å². The van der Waals surface area contributed by atoms with Crippen LogP contribution in [0.1, 0.15) is 18.4 Å². The predicted molar refractivity (Wildman–Crippen MR) is 74.2 cm³/mol. The Morgan fingerprint density at radius 1 is 1.28 bits per heavy atom. The highest BCUT2D eigenvalue weighted by molar-refractivity contribution is 5.54. The van der Waals surface area contributed by atoms with Gasteiger partial charge in [0.25, 0.3) is 0 Å². The van der Waals surface area contributed by atoms with Gasteiger partial charge in [0.1, 0.15) is 0 Å². The zero-order valence-corrected chi connectivity index (χ0v) is 10.9. The summed E-state index contributed by atoms with van der Waals surface area (Å²) in [6.45, 7) is 5.01. The summed E-state index contributed by atoms with van der Waals surface area (Å²) in [5.41, 5.74) is 2.92. The number of nitrogens with zero attached hydrogens (tertiary/aromatic N) is 1. The fourth-order valence-electron chi connectivity index (χ4n) is 2.94. The lowest BCUT2D eigenvalue weighted by Gasteiger charge is -2.31. The van der Waals surface area contributed by atoms with E-state index in [0.29, 0.717) is 6.10 Å². The molecule has 2 heterocycles. The second-order valence-electron chi connectivity index (χ2n) is 5.23. The molecule has 3 heteroatoms. The molecule has 18 heavy (non-hydrogen) atoms. The smallest absolute Gasteiger partial charge is 0.0874 e. The van der Waals surface area contributed by atoms with Crippen molar-refractivity contribution in [2.75, 3.05) is 37.7 Å². The molecule has 2 aliphatic heterocycles. The van der Waals surface area contributed by atoms with Gasteiger partial charge in [0, 0.05) is 31.9 Å². The van der Waals surface area contributed by atoms with E-state index in [1.54, 1.807) is 0 Å². The molecule has 0 spiro atoms. The van der Waals surface area contributed by atoms with Crippen molar-refractivity contribution in [2.45, 2.75) is 25.4 Å². The predicted octanol–water partition coefficient (Wildman–Crippen LogP) is 1.82. The van der Waals surface area contributed by atoms with Crippen LogP contribution < -0.4 is 10.2 Å². The van der Waals surface area contributed by atoms with Crippen molar-refractivity contribution >= 4 is 5.69 Å².